The molecule has 23 heavy (non-hydrogen) atoms. The van der Waals surface area contributed by atoms with Crippen LogP contribution in [0.25, 0.3) is 5.76 Å². The Hall–Kier alpha value is -2.69. The van der Waals surface area contributed by atoms with Gasteiger partial charge in [-0.1, -0.05) is 30.3 Å². The molecule has 0 spiro atoms. The molecule has 0 N–H and O–H groups in total. The summed E-state index contributed by atoms with van der Waals surface area (Å²) in [7, 11) is 0. The second-order valence-corrected chi connectivity index (χ2v) is 5.55. The van der Waals surface area contributed by atoms with Crippen molar-refractivity contribution in [2.75, 3.05) is 0 Å². The Labute approximate surface area is 132 Å². The predicted octanol–water partition coefficient (Wildman–Crippen LogP) is 4.01. The van der Waals surface area contributed by atoms with Crippen LogP contribution in [0.15, 0.2) is 54.6 Å². The number of hydroxylamine groups is 2. The van der Waals surface area contributed by atoms with E-state index in [9.17, 15) is 13.6 Å². The van der Waals surface area contributed by atoms with Gasteiger partial charge in [-0.3, -0.25) is 4.79 Å². The number of amides is 1. The normalized spacial score (nSPS) is 20.2. The minimum Gasteiger partial charge on any atom is -0.375 e. The lowest BCUT2D eigenvalue weighted by Crippen LogP contribution is -2.41. The zero-order valence-electron chi connectivity index (χ0n) is 12.7. The Balaban J connectivity index is 2.12. The Morgan fingerprint density at radius 3 is 2.48 bits per heavy atom. The van der Waals surface area contributed by atoms with Gasteiger partial charge < -0.3 is 4.84 Å². The molecule has 1 unspecified atom stereocenters. The third kappa shape index (κ3) is 2.59. The molecule has 1 aliphatic heterocycles. The molecule has 2 aromatic rings. The largest absolute Gasteiger partial charge is 0.375 e. The molecule has 0 aromatic heterocycles. The number of halogens is 2. The Morgan fingerprint density at radius 1 is 1.13 bits per heavy atom. The Kier molecular flexibility index (Phi) is 3.64. The molecule has 1 aliphatic rings. The minimum absolute atomic E-state index is 0.0177. The number of nitrogens with zero attached hydrogens (tertiary/aromatic N) is 1. The maximum Gasteiger partial charge on any atom is 0.253 e. The van der Waals surface area contributed by atoms with Gasteiger partial charge >= 0.3 is 0 Å². The summed E-state index contributed by atoms with van der Waals surface area (Å²) in [6.45, 7) is 3.15. The van der Waals surface area contributed by atoms with Gasteiger partial charge in [-0.25, -0.2) is 8.78 Å². The van der Waals surface area contributed by atoms with Gasteiger partial charge in [0.2, 0.25) is 0 Å². The van der Waals surface area contributed by atoms with E-state index in [0.717, 1.165) is 23.8 Å². The summed E-state index contributed by atoms with van der Waals surface area (Å²) >= 11 is 0. The first-order valence-corrected chi connectivity index (χ1v) is 7.14. The molecule has 118 valence electrons. The third-order valence-electron chi connectivity index (χ3n) is 3.86. The van der Waals surface area contributed by atoms with Crippen LogP contribution in [-0.4, -0.2) is 11.0 Å². The van der Waals surface area contributed by atoms with Crippen molar-refractivity contribution >= 4 is 11.7 Å². The molecular formula is C18H15F2NO2. The van der Waals surface area contributed by atoms with Crippen molar-refractivity contribution in [1.29, 1.82) is 0 Å². The molecule has 5 heteroatoms. The highest BCUT2D eigenvalue weighted by Gasteiger charge is 2.42. The topological polar surface area (TPSA) is 29.5 Å². The molecule has 0 saturated heterocycles. The van der Waals surface area contributed by atoms with Gasteiger partial charge in [-0.05, 0) is 36.8 Å². The zero-order valence-corrected chi connectivity index (χ0v) is 12.7. The molecule has 0 fully saturated rings. The molecule has 0 aliphatic carbocycles. The summed E-state index contributed by atoms with van der Waals surface area (Å²) in [5.74, 6) is -1.41. The summed E-state index contributed by atoms with van der Waals surface area (Å²) in [4.78, 5) is 17.5. The second-order valence-electron chi connectivity index (χ2n) is 5.55. The van der Waals surface area contributed by atoms with E-state index in [1.807, 2.05) is 30.3 Å². The fourth-order valence-corrected chi connectivity index (χ4v) is 2.71. The lowest BCUT2D eigenvalue weighted by atomic mass is 9.90. The van der Waals surface area contributed by atoms with Crippen LogP contribution in [0.5, 0.6) is 0 Å². The lowest BCUT2D eigenvalue weighted by molar-refractivity contribution is -0.174. The first-order valence-electron chi connectivity index (χ1n) is 7.14. The fourth-order valence-electron chi connectivity index (χ4n) is 2.71. The summed E-state index contributed by atoms with van der Waals surface area (Å²) in [6, 6.07) is 12.4. The number of hydrogen-bond acceptors (Lipinski definition) is 2. The van der Waals surface area contributed by atoms with Crippen LogP contribution in [0.4, 0.5) is 8.78 Å². The van der Waals surface area contributed by atoms with Crippen molar-refractivity contribution < 1.29 is 18.4 Å². The van der Waals surface area contributed by atoms with Crippen molar-refractivity contribution in [1.82, 2.24) is 5.06 Å². The van der Waals surface area contributed by atoms with Gasteiger partial charge in [0.25, 0.3) is 5.91 Å². The zero-order chi connectivity index (χ0) is 16.6. The van der Waals surface area contributed by atoms with Gasteiger partial charge in [0.1, 0.15) is 17.2 Å². The predicted molar refractivity (Wildman–Crippen MR) is 81.7 cm³/mol. The Morgan fingerprint density at radius 2 is 1.83 bits per heavy atom. The third-order valence-corrected chi connectivity index (χ3v) is 3.86. The first-order chi connectivity index (χ1) is 10.9. The number of benzene rings is 2. The molecule has 2 aromatic carbocycles. The SMILES string of the molecule is CC(=O)N1OC(c2cc(F)ccc2F)=CC1(C)c1ccccc1. The van der Waals surface area contributed by atoms with Crippen molar-refractivity contribution in [2.45, 2.75) is 19.4 Å². The monoisotopic (exact) mass is 315 g/mol. The van der Waals surface area contributed by atoms with Crippen LogP contribution in [0.3, 0.4) is 0 Å². The minimum atomic E-state index is -0.902. The van der Waals surface area contributed by atoms with Crippen molar-refractivity contribution in [3.05, 3.63) is 77.4 Å². The van der Waals surface area contributed by atoms with Gasteiger partial charge in [-0.15, -0.1) is 0 Å². The molecule has 0 radical (unpaired) electrons. The molecule has 1 atom stereocenters. The van der Waals surface area contributed by atoms with Gasteiger partial charge in [0, 0.05) is 6.92 Å². The van der Waals surface area contributed by atoms with E-state index in [1.165, 1.54) is 12.0 Å². The smallest absolute Gasteiger partial charge is 0.253 e. The fraction of sp³-hybridized carbons (Fsp3) is 0.167. The number of carbonyl (C=O) groups excluding carboxylic acids is 1. The van der Waals surface area contributed by atoms with Gasteiger partial charge in [-0.2, -0.15) is 5.06 Å². The number of carbonyl (C=O) groups is 1. The average Bonchev–Trinajstić information content (AvgIpc) is 2.90. The van der Waals surface area contributed by atoms with Crippen LogP contribution in [0.2, 0.25) is 0 Å². The lowest BCUT2D eigenvalue weighted by Gasteiger charge is -2.31. The van der Waals surface area contributed by atoms with E-state index in [1.54, 1.807) is 13.0 Å². The van der Waals surface area contributed by atoms with Crippen LogP contribution in [0.1, 0.15) is 25.0 Å². The van der Waals surface area contributed by atoms with E-state index < -0.39 is 17.2 Å². The van der Waals surface area contributed by atoms with Crippen molar-refractivity contribution in [3.63, 3.8) is 0 Å². The molecule has 3 nitrogen and oxygen atoms in total. The summed E-state index contributed by atoms with van der Waals surface area (Å²) in [5.41, 5.74) is -0.112. The average molecular weight is 315 g/mol. The van der Waals surface area contributed by atoms with Crippen molar-refractivity contribution in [3.8, 4) is 0 Å². The Bertz CT molecular complexity index is 789. The highest BCUT2D eigenvalue weighted by Crippen LogP contribution is 2.41. The molecule has 3 rings (SSSR count). The number of rotatable bonds is 2. The van der Waals surface area contributed by atoms with Crippen LogP contribution < -0.4 is 0 Å². The summed E-state index contributed by atoms with van der Waals surface area (Å²) in [5, 5.41) is 1.17. The van der Waals surface area contributed by atoms with Crippen LogP contribution >= 0.6 is 0 Å². The second kappa shape index (κ2) is 5.50. The molecule has 0 bridgehead atoms. The van der Waals surface area contributed by atoms with Crippen molar-refractivity contribution in [2.24, 2.45) is 0 Å². The number of hydrogen-bond donors (Lipinski definition) is 0. The molecule has 1 amide bonds. The standard InChI is InChI=1S/C18H15F2NO2/c1-12(22)21-18(2,13-6-4-3-5-7-13)11-17(23-21)15-10-14(19)8-9-16(15)20/h3-11H,1-2H3. The molecule has 0 saturated carbocycles. The maximum absolute atomic E-state index is 14.0. The highest BCUT2D eigenvalue weighted by molar-refractivity contribution is 5.77. The van der Waals surface area contributed by atoms with E-state index in [-0.39, 0.29) is 17.2 Å². The maximum atomic E-state index is 14.0. The summed E-state index contributed by atoms with van der Waals surface area (Å²) < 4.78 is 27.5. The van der Waals surface area contributed by atoms with Gasteiger partial charge in [0.15, 0.2) is 5.76 Å². The van der Waals surface area contributed by atoms with Gasteiger partial charge in [0.05, 0.1) is 5.56 Å². The first kappa shape index (κ1) is 15.2. The molecule has 1 heterocycles. The summed E-state index contributed by atoms with van der Waals surface area (Å²) in [6.07, 6.45) is 1.63. The highest BCUT2D eigenvalue weighted by atomic mass is 19.1. The molecular weight excluding hydrogens is 300 g/mol. The van der Waals surface area contributed by atoms with E-state index in [0.29, 0.717) is 0 Å². The van der Waals surface area contributed by atoms with E-state index in [4.69, 9.17) is 4.84 Å². The van der Waals surface area contributed by atoms with E-state index in [2.05, 4.69) is 0 Å². The van der Waals surface area contributed by atoms with Crippen LogP contribution in [0, 0.1) is 11.6 Å². The van der Waals surface area contributed by atoms with E-state index >= 15 is 0 Å². The van der Waals surface area contributed by atoms with Crippen LogP contribution in [-0.2, 0) is 15.2 Å². The quantitative estimate of drug-likeness (QED) is 0.838.